The minimum Gasteiger partial charge on any atom is -0.493 e. The fourth-order valence-corrected chi connectivity index (χ4v) is 3.81. The molecule has 164 valence electrons. The highest BCUT2D eigenvalue weighted by atomic mass is 127. The van der Waals surface area contributed by atoms with E-state index in [1.807, 2.05) is 34.7 Å². The zero-order valence-corrected chi connectivity index (χ0v) is 19.6. The van der Waals surface area contributed by atoms with Crippen molar-refractivity contribution in [2.24, 2.45) is 0 Å². The van der Waals surface area contributed by atoms with Gasteiger partial charge in [-0.15, -0.1) is 0 Å². The summed E-state index contributed by atoms with van der Waals surface area (Å²) < 4.78 is 22.7. The van der Waals surface area contributed by atoms with Gasteiger partial charge in [0.25, 0.3) is 0 Å². The summed E-state index contributed by atoms with van der Waals surface area (Å²) in [5.74, 6) is -0.773. The van der Waals surface area contributed by atoms with Gasteiger partial charge in [0, 0.05) is 5.56 Å². The molecule has 0 radical (unpaired) electrons. The van der Waals surface area contributed by atoms with Crippen LogP contribution in [0.2, 0.25) is 0 Å². The predicted octanol–water partition coefficient (Wildman–Crippen LogP) is 3.63. The van der Waals surface area contributed by atoms with Crippen LogP contribution in [0.4, 0.5) is 0 Å². The average molecular weight is 547 g/mol. The van der Waals surface area contributed by atoms with E-state index in [0.717, 1.165) is 0 Å². The van der Waals surface area contributed by atoms with E-state index in [1.54, 1.807) is 36.4 Å². The van der Waals surface area contributed by atoms with Crippen molar-refractivity contribution >= 4 is 34.5 Å². The molecule has 3 aromatic rings. The van der Waals surface area contributed by atoms with Crippen LogP contribution < -0.4 is 9.47 Å². The molecule has 0 saturated carbocycles. The van der Waals surface area contributed by atoms with Crippen LogP contribution in [-0.2, 0) is 9.47 Å². The van der Waals surface area contributed by atoms with Gasteiger partial charge in [0.15, 0.2) is 23.8 Å². The first-order chi connectivity index (χ1) is 15.5. The number of aromatic nitrogens is 2. The van der Waals surface area contributed by atoms with Crippen molar-refractivity contribution in [1.82, 2.24) is 9.78 Å². The van der Waals surface area contributed by atoms with Gasteiger partial charge >= 0.3 is 11.9 Å². The summed E-state index contributed by atoms with van der Waals surface area (Å²) in [6.07, 6.45) is 0. The topological polar surface area (TPSA) is 113 Å². The third-order valence-electron chi connectivity index (χ3n) is 4.44. The van der Waals surface area contributed by atoms with Crippen molar-refractivity contribution < 1.29 is 28.5 Å². The highest BCUT2D eigenvalue weighted by molar-refractivity contribution is 14.1. The molecule has 0 fully saturated rings. The van der Waals surface area contributed by atoms with Gasteiger partial charge in [-0.05, 0) is 46.9 Å². The number of carbonyl (C=O) groups excluding carboxylic acids is 2. The minimum absolute atomic E-state index is 0.0493. The second-order valence-corrected chi connectivity index (χ2v) is 7.40. The summed E-state index contributed by atoms with van der Waals surface area (Å²) >= 11 is 2.03. The summed E-state index contributed by atoms with van der Waals surface area (Å²) in [6.45, 7) is -0.158. The van der Waals surface area contributed by atoms with E-state index in [2.05, 4.69) is 5.10 Å². The van der Waals surface area contributed by atoms with Crippen molar-refractivity contribution in [2.75, 3.05) is 27.9 Å². The number of benzene rings is 2. The summed E-state index contributed by atoms with van der Waals surface area (Å²) in [5, 5.41) is 13.4. The van der Waals surface area contributed by atoms with Crippen LogP contribution in [0.25, 0.3) is 16.9 Å². The molecule has 0 aliphatic carbocycles. The molecular formula is C22H18IN3O6. The van der Waals surface area contributed by atoms with Crippen molar-refractivity contribution in [3.05, 3.63) is 57.3 Å². The van der Waals surface area contributed by atoms with E-state index < -0.39 is 11.9 Å². The molecule has 0 N–H and O–H groups in total. The SMILES string of the molecule is COC(=O)c1c(-c2cc(I)c(OCC#N)c(OC)c2)nn(-c2ccccc2)c1C(=O)OC. The van der Waals surface area contributed by atoms with E-state index in [9.17, 15) is 9.59 Å². The first-order valence-electron chi connectivity index (χ1n) is 9.19. The maximum atomic E-state index is 12.8. The Morgan fingerprint density at radius 2 is 1.78 bits per heavy atom. The fourth-order valence-electron chi connectivity index (χ4n) is 3.06. The van der Waals surface area contributed by atoms with Crippen molar-refractivity contribution in [1.29, 1.82) is 5.26 Å². The summed E-state index contributed by atoms with van der Waals surface area (Å²) in [5.41, 5.74) is 1.12. The standard InChI is InChI=1S/C22H18IN3O6/c1-29-16-12-13(11-15(23)20(16)32-10-9-24)18-17(21(27)30-2)19(22(28)31-3)26(25-18)14-7-5-4-6-8-14/h4-8,11-12H,10H2,1-3H3. The predicted molar refractivity (Wildman–Crippen MR) is 122 cm³/mol. The second-order valence-electron chi connectivity index (χ2n) is 6.24. The van der Waals surface area contributed by atoms with Gasteiger partial charge in [0.1, 0.15) is 17.3 Å². The third-order valence-corrected chi connectivity index (χ3v) is 5.24. The number of carbonyl (C=O) groups is 2. The molecule has 0 amide bonds. The van der Waals surface area contributed by atoms with Crippen LogP contribution in [0.3, 0.4) is 0 Å². The first-order valence-corrected chi connectivity index (χ1v) is 10.3. The Kier molecular flexibility index (Phi) is 7.32. The number of nitriles is 1. The summed E-state index contributed by atoms with van der Waals surface area (Å²) in [7, 11) is 3.90. The number of halogens is 1. The number of hydrogen-bond acceptors (Lipinski definition) is 8. The molecule has 0 spiro atoms. The lowest BCUT2D eigenvalue weighted by Crippen LogP contribution is -2.15. The number of methoxy groups -OCH3 is 3. The number of rotatable bonds is 7. The molecule has 0 unspecified atom stereocenters. The van der Waals surface area contributed by atoms with Gasteiger partial charge in [-0.3, -0.25) is 0 Å². The molecule has 0 atom stereocenters. The van der Waals surface area contributed by atoms with Crippen LogP contribution in [-0.4, -0.2) is 49.7 Å². The van der Waals surface area contributed by atoms with Crippen LogP contribution >= 0.6 is 22.6 Å². The molecule has 0 aliphatic rings. The molecule has 0 saturated heterocycles. The Morgan fingerprint density at radius 3 is 2.38 bits per heavy atom. The van der Waals surface area contributed by atoms with Crippen molar-refractivity contribution in [2.45, 2.75) is 0 Å². The summed E-state index contributed by atoms with van der Waals surface area (Å²) in [6, 6.07) is 14.1. The number of esters is 2. The number of ether oxygens (including phenoxy) is 4. The molecule has 9 nitrogen and oxygen atoms in total. The highest BCUT2D eigenvalue weighted by Gasteiger charge is 2.32. The van der Waals surface area contributed by atoms with Gasteiger partial charge in [0.05, 0.1) is 30.6 Å². The monoisotopic (exact) mass is 547 g/mol. The largest absolute Gasteiger partial charge is 0.493 e. The van der Waals surface area contributed by atoms with E-state index in [-0.39, 0.29) is 23.6 Å². The highest BCUT2D eigenvalue weighted by Crippen LogP contribution is 2.39. The molecule has 3 rings (SSSR count). The smallest absolute Gasteiger partial charge is 0.357 e. The Morgan fingerprint density at radius 1 is 1.09 bits per heavy atom. The Hall–Kier alpha value is -3.59. The quantitative estimate of drug-likeness (QED) is 0.326. The molecule has 0 bridgehead atoms. The Labute approximate surface area is 197 Å². The summed E-state index contributed by atoms with van der Waals surface area (Å²) in [4.78, 5) is 25.5. The Bertz CT molecular complexity index is 1200. The van der Waals surface area contributed by atoms with Crippen LogP contribution in [0.1, 0.15) is 20.8 Å². The maximum absolute atomic E-state index is 12.8. The van der Waals surface area contributed by atoms with E-state index in [1.165, 1.54) is 26.0 Å². The average Bonchev–Trinajstić information content (AvgIpc) is 3.23. The van der Waals surface area contributed by atoms with Gasteiger partial charge < -0.3 is 18.9 Å². The molecule has 1 heterocycles. The van der Waals surface area contributed by atoms with Gasteiger partial charge in [-0.1, -0.05) is 18.2 Å². The van der Waals surface area contributed by atoms with Gasteiger partial charge in [0.2, 0.25) is 0 Å². The molecule has 1 aromatic heterocycles. The van der Waals surface area contributed by atoms with E-state index >= 15 is 0 Å². The lowest BCUT2D eigenvalue weighted by atomic mass is 10.0. The van der Waals surface area contributed by atoms with Crippen molar-refractivity contribution in [3.8, 4) is 34.5 Å². The number of hydrogen-bond donors (Lipinski definition) is 0. The molecular weight excluding hydrogens is 529 g/mol. The zero-order valence-electron chi connectivity index (χ0n) is 17.4. The van der Waals surface area contributed by atoms with Crippen molar-refractivity contribution in [3.63, 3.8) is 0 Å². The lowest BCUT2D eigenvalue weighted by Gasteiger charge is -2.12. The number of nitrogens with zero attached hydrogens (tertiary/aromatic N) is 3. The van der Waals surface area contributed by atoms with E-state index in [4.69, 9.17) is 24.2 Å². The third kappa shape index (κ3) is 4.38. The van der Waals surface area contributed by atoms with Gasteiger partial charge in [-0.2, -0.15) is 10.4 Å². The minimum atomic E-state index is -0.749. The molecule has 0 aliphatic heterocycles. The Balaban J connectivity index is 2.33. The van der Waals surface area contributed by atoms with Crippen LogP contribution in [0.5, 0.6) is 11.5 Å². The first kappa shape index (κ1) is 23.1. The van der Waals surface area contributed by atoms with Crippen LogP contribution in [0.15, 0.2) is 42.5 Å². The molecule has 10 heteroatoms. The zero-order chi connectivity index (χ0) is 23.3. The molecule has 32 heavy (non-hydrogen) atoms. The maximum Gasteiger partial charge on any atom is 0.357 e. The van der Waals surface area contributed by atoms with Crippen LogP contribution in [0, 0.1) is 14.9 Å². The van der Waals surface area contributed by atoms with Gasteiger partial charge in [-0.25, -0.2) is 14.3 Å². The lowest BCUT2D eigenvalue weighted by molar-refractivity contribution is 0.0549. The fraction of sp³-hybridized carbons (Fsp3) is 0.182. The molecule has 2 aromatic carbocycles. The van der Waals surface area contributed by atoms with E-state index in [0.29, 0.717) is 26.3 Å². The normalized spacial score (nSPS) is 10.2. The number of para-hydroxylation sites is 1. The second kappa shape index (κ2) is 10.1.